The van der Waals surface area contributed by atoms with Crippen molar-refractivity contribution in [3.05, 3.63) is 83.9 Å². The molecule has 3 aliphatic rings. The van der Waals surface area contributed by atoms with Gasteiger partial charge in [0, 0.05) is 23.8 Å². The summed E-state index contributed by atoms with van der Waals surface area (Å²) >= 11 is 0. The van der Waals surface area contributed by atoms with Crippen LogP contribution >= 0.6 is 0 Å². The molecular weight excluding hydrogens is 548 g/mol. The fourth-order valence-corrected chi connectivity index (χ4v) is 11.5. The zero-order valence-corrected chi connectivity index (χ0v) is 25.6. The first kappa shape index (κ1) is 28.5. The number of aliphatic hydroxyl groups is 1. The van der Waals surface area contributed by atoms with Crippen molar-refractivity contribution in [1.82, 2.24) is 0 Å². The van der Waals surface area contributed by atoms with Crippen LogP contribution in [0.1, 0.15) is 24.5 Å². The normalized spacial score (nSPS) is 25.3. The maximum Gasteiger partial charge on any atom is 0.414 e. The van der Waals surface area contributed by atoms with Crippen LogP contribution in [0, 0.1) is 5.92 Å². The van der Waals surface area contributed by atoms with Crippen LogP contribution < -0.4 is 19.7 Å². The lowest BCUT2D eigenvalue weighted by molar-refractivity contribution is -0.146. The largest absolute Gasteiger partial charge is 0.497 e. The predicted octanol–water partition coefficient (Wildman–Crippen LogP) is 4.80. The number of nitrogens with zero attached hydrogens (tertiary/aromatic N) is 2. The van der Waals surface area contributed by atoms with Gasteiger partial charge in [0.05, 0.1) is 40.1 Å². The van der Waals surface area contributed by atoms with Gasteiger partial charge in [-0.3, -0.25) is 9.69 Å². The lowest BCUT2D eigenvalue weighted by atomic mass is 9.82. The number of carbonyl (C=O) groups excluding carboxylic acids is 2. The second-order valence-corrected chi connectivity index (χ2v) is 16.7. The Hall–Kier alpha value is -3.66. The van der Waals surface area contributed by atoms with E-state index in [2.05, 4.69) is 32.2 Å². The average Bonchev–Trinajstić information content (AvgIpc) is 3.63. The van der Waals surface area contributed by atoms with Gasteiger partial charge in [-0.25, -0.2) is 4.79 Å². The van der Waals surface area contributed by atoms with Crippen molar-refractivity contribution in [2.45, 2.75) is 50.2 Å². The number of cyclic esters (lactones) is 1. The van der Waals surface area contributed by atoms with E-state index in [1.54, 1.807) is 12.0 Å². The summed E-state index contributed by atoms with van der Waals surface area (Å²) < 4.78 is 17.5. The fraction of sp³-hybridized carbons (Fsp3) is 0.394. The molecule has 1 N–H and O–H groups in total. The molecule has 0 aliphatic carbocycles. The number of carbonyl (C=O) groups is 2. The zero-order valence-electron chi connectivity index (χ0n) is 24.6. The van der Waals surface area contributed by atoms with Crippen molar-refractivity contribution in [2.75, 3.05) is 36.7 Å². The Balaban J connectivity index is 1.37. The van der Waals surface area contributed by atoms with Gasteiger partial charge >= 0.3 is 6.09 Å². The number of amides is 2. The summed E-state index contributed by atoms with van der Waals surface area (Å²) in [5.74, 6) is 0.609. The van der Waals surface area contributed by atoms with Crippen molar-refractivity contribution >= 4 is 36.6 Å². The van der Waals surface area contributed by atoms with Gasteiger partial charge in [-0.2, -0.15) is 0 Å². The maximum absolute atomic E-state index is 14.7. The van der Waals surface area contributed by atoms with Crippen molar-refractivity contribution in [2.24, 2.45) is 5.92 Å². The Morgan fingerprint density at radius 2 is 1.81 bits per heavy atom. The number of rotatable bonds is 8. The van der Waals surface area contributed by atoms with Gasteiger partial charge in [-0.15, -0.1) is 0 Å². The van der Waals surface area contributed by atoms with Crippen LogP contribution in [0.15, 0.2) is 72.8 Å². The van der Waals surface area contributed by atoms with E-state index in [1.165, 1.54) is 5.19 Å². The van der Waals surface area contributed by atoms with Crippen LogP contribution in [0.4, 0.5) is 16.2 Å². The molecule has 3 aliphatic heterocycles. The third kappa shape index (κ3) is 4.42. The Bertz CT molecular complexity index is 1490. The molecule has 4 atom stereocenters. The van der Waals surface area contributed by atoms with Crippen molar-refractivity contribution in [3.63, 3.8) is 0 Å². The molecule has 0 aromatic heterocycles. The highest BCUT2D eigenvalue weighted by Crippen LogP contribution is 2.60. The summed E-state index contributed by atoms with van der Waals surface area (Å²) in [7, 11) is -0.563. The molecule has 2 saturated heterocycles. The molecule has 220 valence electrons. The maximum atomic E-state index is 14.7. The number of hydrogen-bond donors (Lipinski definition) is 1. The average molecular weight is 587 g/mol. The number of ether oxygens (including phenoxy) is 3. The quantitative estimate of drug-likeness (QED) is 0.382. The molecule has 9 heteroatoms. The monoisotopic (exact) mass is 586 g/mol. The molecule has 2 amide bonds. The lowest BCUT2D eigenvalue weighted by Crippen LogP contribution is -2.51. The van der Waals surface area contributed by atoms with Gasteiger partial charge in [0.1, 0.15) is 12.4 Å². The fourth-order valence-electron chi connectivity index (χ4n) is 7.46. The number of aliphatic hydroxyl groups excluding tert-OH is 1. The van der Waals surface area contributed by atoms with E-state index in [0.29, 0.717) is 26.1 Å². The van der Waals surface area contributed by atoms with Crippen LogP contribution in [-0.2, 0) is 26.4 Å². The molecule has 3 aromatic rings. The van der Waals surface area contributed by atoms with Crippen LogP contribution in [0.3, 0.4) is 0 Å². The standard InChI is InChI=1S/C33H38N2O6Si/c1-22-30(42(3,4)26-14-12-25(39-2)13-15-26)29(16-18-36)41-33(22)27-10-5-6-11-28(27)35(31(33)37)21-23-8-7-9-24(20-23)34-17-19-40-32(34)38/h5-15,20,22,29-30,36H,16-19,21H2,1-4H3/t22-,29+,30-,33+/m1/s1. The van der Waals surface area contributed by atoms with E-state index in [0.717, 1.165) is 28.3 Å². The van der Waals surface area contributed by atoms with Crippen LogP contribution in [0.5, 0.6) is 5.75 Å². The molecule has 0 radical (unpaired) electrons. The minimum Gasteiger partial charge on any atom is -0.497 e. The molecule has 0 saturated carbocycles. The topological polar surface area (TPSA) is 88.5 Å². The lowest BCUT2D eigenvalue weighted by Gasteiger charge is -2.37. The smallest absolute Gasteiger partial charge is 0.414 e. The Morgan fingerprint density at radius 3 is 2.50 bits per heavy atom. The van der Waals surface area contributed by atoms with Gasteiger partial charge in [-0.1, -0.05) is 67.7 Å². The van der Waals surface area contributed by atoms with Crippen LogP contribution in [0.2, 0.25) is 18.6 Å². The Kier molecular flexibility index (Phi) is 7.37. The third-order valence-corrected chi connectivity index (χ3v) is 13.8. The van der Waals surface area contributed by atoms with E-state index >= 15 is 0 Å². The zero-order chi connectivity index (χ0) is 29.6. The Morgan fingerprint density at radius 1 is 1.05 bits per heavy atom. The second kappa shape index (κ2) is 10.9. The van der Waals surface area contributed by atoms with E-state index < -0.39 is 13.7 Å². The summed E-state index contributed by atoms with van der Waals surface area (Å²) in [6.07, 6.45) is -0.158. The number of benzene rings is 3. The summed E-state index contributed by atoms with van der Waals surface area (Å²) in [6.45, 7) is 8.02. The molecule has 0 unspecified atom stereocenters. The van der Waals surface area contributed by atoms with Gasteiger partial charge in [0.2, 0.25) is 0 Å². The van der Waals surface area contributed by atoms with E-state index in [9.17, 15) is 14.7 Å². The summed E-state index contributed by atoms with van der Waals surface area (Å²) in [5.41, 5.74) is 2.33. The number of para-hydroxylation sites is 1. The first-order valence-corrected chi connectivity index (χ1v) is 17.7. The number of fused-ring (bicyclic) bond motifs is 2. The van der Waals surface area contributed by atoms with Crippen LogP contribution in [0.25, 0.3) is 0 Å². The molecular formula is C33H38N2O6Si. The number of anilines is 2. The second-order valence-electron chi connectivity index (χ2n) is 12.0. The highest BCUT2D eigenvalue weighted by atomic mass is 28.3. The summed E-state index contributed by atoms with van der Waals surface area (Å²) in [6, 6.07) is 23.9. The van der Waals surface area contributed by atoms with E-state index in [-0.39, 0.29) is 36.2 Å². The van der Waals surface area contributed by atoms with E-state index in [1.807, 2.05) is 65.6 Å². The van der Waals surface area contributed by atoms with Gasteiger partial charge in [0.15, 0.2) is 5.60 Å². The van der Waals surface area contributed by atoms with Crippen molar-refractivity contribution in [3.8, 4) is 5.75 Å². The first-order valence-electron chi connectivity index (χ1n) is 14.6. The third-order valence-electron chi connectivity index (χ3n) is 9.48. The molecule has 3 heterocycles. The molecule has 42 heavy (non-hydrogen) atoms. The molecule has 3 aromatic carbocycles. The SMILES string of the molecule is COc1ccc([Si](C)(C)[C@H]2[C@H](CCO)O[C@@]3(C(=O)N(Cc4cccc(N5CCOC5=O)c4)c4ccccc43)[C@@H]2C)cc1. The number of methoxy groups -OCH3 is 1. The number of hydrogen-bond acceptors (Lipinski definition) is 6. The van der Waals surface area contributed by atoms with Crippen LogP contribution in [-0.4, -0.2) is 58.2 Å². The predicted molar refractivity (Wildman–Crippen MR) is 164 cm³/mol. The van der Waals surface area contributed by atoms with E-state index in [4.69, 9.17) is 14.2 Å². The minimum atomic E-state index is -2.23. The van der Waals surface area contributed by atoms with Crippen molar-refractivity contribution < 1.29 is 28.9 Å². The summed E-state index contributed by atoms with van der Waals surface area (Å²) in [5, 5.41) is 11.4. The highest BCUT2D eigenvalue weighted by molar-refractivity contribution is 6.91. The van der Waals surface area contributed by atoms with Crippen molar-refractivity contribution in [1.29, 1.82) is 0 Å². The summed E-state index contributed by atoms with van der Waals surface area (Å²) in [4.78, 5) is 30.3. The molecule has 2 fully saturated rings. The highest BCUT2D eigenvalue weighted by Gasteiger charge is 2.66. The first-order chi connectivity index (χ1) is 20.2. The molecule has 1 spiro atoms. The Labute approximate surface area is 247 Å². The van der Waals surface area contributed by atoms with Gasteiger partial charge < -0.3 is 24.2 Å². The van der Waals surface area contributed by atoms with Gasteiger partial charge in [-0.05, 0) is 47.9 Å². The van der Waals surface area contributed by atoms with Gasteiger partial charge in [0.25, 0.3) is 5.91 Å². The minimum absolute atomic E-state index is 0.0116. The molecule has 8 nitrogen and oxygen atoms in total. The molecule has 0 bridgehead atoms. The molecule has 6 rings (SSSR count).